The molecule has 1 atom stereocenters. The highest BCUT2D eigenvalue weighted by Crippen LogP contribution is 2.15. The number of hydrogen-bond donors (Lipinski definition) is 1. The van der Waals surface area contributed by atoms with Crippen LogP contribution in [0.1, 0.15) is 52.5 Å². The van der Waals surface area contributed by atoms with Crippen molar-refractivity contribution in [3.8, 4) is 5.75 Å². The van der Waals surface area contributed by atoms with Crippen LogP contribution in [0.2, 0.25) is 0 Å². The summed E-state index contributed by atoms with van der Waals surface area (Å²) in [4.78, 5) is 26.9. The maximum absolute atomic E-state index is 12.3. The Morgan fingerprint density at radius 3 is 2.51 bits per heavy atom. The third kappa shape index (κ3) is 21.5. The first kappa shape index (κ1) is 36.1. The Hall–Kier alpha value is -2.95. The average Bonchev–Trinajstić information content (AvgIpc) is 2.92. The summed E-state index contributed by atoms with van der Waals surface area (Å²) in [7, 11) is 0. The van der Waals surface area contributed by atoms with Gasteiger partial charge in [-0.05, 0) is 47.9 Å². The predicted molar refractivity (Wildman–Crippen MR) is 158 cm³/mol. The predicted octanol–water partition coefficient (Wildman–Crippen LogP) is 5.03. The number of ketones is 1. The fourth-order valence-electron chi connectivity index (χ4n) is 3.47. The Kier molecular flexibility index (Phi) is 20.9. The van der Waals surface area contributed by atoms with Gasteiger partial charge >= 0.3 is 0 Å². The fraction of sp³-hybridized carbons (Fsp3) is 0.667. The summed E-state index contributed by atoms with van der Waals surface area (Å²) in [5.41, 5.74) is 9.65. The van der Waals surface area contributed by atoms with Crippen LogP contribution in [-0.4, -0.2) is 77.3 Å². The lowest BCUT2D eigenvalue weighted by Gasteiger charge is -2.14. The van der Waals surface area contributed by atoms with Gasteiger partial charge in [0, 0.05) is 30.9 Å². The van der Waals surface area contributed by atoms with Gasteiger partial charge in [-0.2, -0.15) is 0 Å². The maximum Gasteiger partial charge on any atom is 0.246 e. The van der Waals surface area contributed by atoms with Crippen molar-refractivity contribution in [2.75, 3.05) is 59.4 Å². The van der Waals surface area contributed by atoms with Crippen LogP contribution >= 0.6 is 0 Å². The number of nitrogens with zero attached hydrogens (tertiary/aromatic N) is 3. The third-order valence-electron chi connectivity index (χ3n) is 5.55. The highest BCUT2D eigenvalue weighted by Gasteiger charge is 2.10. The zero-order valence-electron chi connectivity index (χ0n) is 25.1. The molecule has 0 radical (unpaired) electrons. The molecule has 11 nitrogen and oxygen atoms in total. The highest BCUT2D eigenvalue weighted by atomic mass is 16.6. The number of rotatable bonds is 25. The first-order valence-corrected chi connectivity index (χ1v) is 14.4. The molecule has 0 saturated carbocycles. The highest BCUT2D eigenvalue weighted by molar-refractivity contribution is 5.81. The number of hydrogen-bond acceptors (Lipinski definition) is 8. The second-order valence-electron chi connectivity index (χ2n) is 10.2. The van der Waals surface area contributed by atoms with Gasteiger partial charge in [-0.3, -0.25) is 9.59 Å². The van der Waals surface area contributed by atoms with Gasteiger partial charge in [-0.15, -0.1) is 0 Å². The van der Waals surface area contributed by atoms with Crippen LogP contribution in [0.25, 0.3) is 10.4 Å². The van der Waals surface area contributed by atoms with Crippen molar-refractivity contribution >= 4 is 11.7 Å². The van der Waals surface area contributed by atoms with Gasteiger partial charge < -0.3 is 29.0 Å². The Morgan fingerprint density at radius 2 is 1.78 bits per heavy atom. The first-order valence-electron chi connectivity index (χ1n) is 14.4. The Balaban J connectivity index is 2.25. The van der Waals surface area contributed by atoms with Gasteiger partial charge in [0.15, 0.2) is 6.23 Å². The summed E-state index contributed by atoms with van der Waals surface area (Å²) in [6, 6.07) is 7.18. The summed E-state index contributed by atoms with van der Waals surface area (Å²) in [5, 5.41) is 6.32. The number of carbonyl (C=O) groups excluding carboxylic acids is 2. The van der Waals surface area contributed by atoms with Crippen molar-refractivity contribution in [2.24, 2.45) is 17.0 Å². The minimum absolute atomic E-state index is 0.0164. The SMILES string of the molecule is CC(C)/C=C/CNC(=O)COCCO[C@@H](COc1cccc(CC(=O)CCOCCOCCCC(C)C)c1)N=[N+]=[N-]. The van der Waals surface area contributed by atoms with E-state index >= 15 is 0 Å². The summed E-state index contributed by atoms with van der Waals surface area (Å²) in [5.74, 6) is 1.48. The zero-order valence-corrected chi connectivity index (χ0v) is 25.1. The fourth-order valence-corrected chi connectivity index (χ4v) is 3.47. The van der Waals surface area contributed by atoms with Crippen molar-refractivity contribution in [1.29, 1.82) is 0 Å². The van der Waals surface area contributed by atoms with E-state index in [9.17, 15) is 9.59 Å². The van der Waals surface area contributed by atoms with Crippen molar-refractivity contribution in [3.05, 3.63) is 52.4 Å². The maximum atomic E-state index is 12.3. The number of allylic oxidation sites excluding steroid dienone is 1. The molecule has 230 valence electrons. The Morgan fingerprint density at radius 1 is 1.02 bits per heavy atom. The van der Waals surface area contributed by atoms with Crippen molar-refractivity contribution in [3.63, 3.8) is 0 Å². The smallest absolute Gasteiger partial charge is 0.246 e. The van der Waals surface area contributed by atoms with E-state index in [-0.39, 0.29) is 44.5 Å². The van der Waals surface area contributed by atoms with E-state index in [1.54, 1.807) is 18.2 Å². The van der Waals surface area contributed by atoms with Crippen LogP contribution in [0.15, 0.2) is 41.5 Å². The first-order chi connectivity index (χ1) is 19.8. The van der Waals surface area contributed by atoms with Crippen LogP contribution in [-0.2, 0) is 35.0 Å². The average molecular weight is 577 g/mol. The second-order valence-corrected chi connectivity index (χ2v) is 10.2. The molecular weight excluding hydrogens is 528 g/mol. The summed E-state index contributed by atoms with van der Waals surface area (Å²) in [6.45, 7) is 11.2. The monoisotopic (exact) mass is 576 g/mol. The van der Waals surface area contributed by atoms with E-state index in [0.717, 1.165) is 25.0 Å². The largest absolute Gasteiger partial charge is 0.491 e. The molecule has 0 aliphatic rings. The molecule has 0 aliphatic carbocycles. The van der Waals surface area contributed by atoms with Crippen LogP contribution in [0.4, 0.5) is 0 Å². The number of azide groups is 1. The van der Waals surface area contributed by atoms with Crippen LogP contribution in [0.3, 0.4) is 0 Å². The van der Waals surface area contributed by atoms with Gasteiger partial charge in [0.1, 0.15) is 24.7 Å². The molecule has 0 unspecified atom stereocenters. The molecule has 0 aliphatic heterocycles. The van der Waals surface area contributed by atoms with Gasteiger partial charge in [-0.1, -0.05) is 57.1 Å². The molecule has 1 rings (SSSR count). The molecule has 1 aromatic carbocycles. The Labute approximate surface area is 244 Å². The zero-order chi connectivity index (χ0) is 30.1. The van der Waals surface area contributed by atoms with Crippen LogP contribution in [0, 0.1) is 11.8 Å². The number of amides is 1. The second kappa shape index (κ2) is 23.7. The topological polar surface area (TPSA) is 141 Å². The molecule has 41 heavy (non-hydrogen) atoms. The lowest BCUT2D eigenvalue weighted by atomic mass is 10.1. The lowest BCUT2D eigenvalue weighted by molar-refractivity contribution is -0.126. The van der Waals surface area contributed by atoms with E-state index in [0.29, 0.717) is 50.4 Å². The van der Waals surface area contributed by atoms with Gasteiger partial charge in [-0.25, -0.2) is 0 Å². The molecule has 1 amide bonds. The molecule has 0 saturated heterocycles. The van der Waals surface area contributed by atoms with Crippen molar-refractivity contribution < 1.29 is 33.3 Å². The molecule has 0 spiro atoms. The van der Waals surface area contributed by atoms with Gasteiger partial charge in [0.25, 0.3) is 0 Å². The summed E-state index contributed by atoms with van der Waals surface area (Å²) >= 11 is 0. The van der Waals surface area contributed by atoms with Crippen LogP contribution < -0.4 is 10.1 Å². The number of ether oxygens (including phenoxy) is 5. The third-order valence-corrected chi connectivity index (χ3v) is 5.55. The van der Waals surface area contributed by atoms with Gasteiger partial charge in [0.2, 0.25) is 5.91 Å². The minimum Gasteiger partial charge on any atom is -0.491 e. The molecule has 11 heteroatoms. The number of nitrogens with one attached hydrogen (secondary N) is 1. The lowest BCUT2D eigenvalue weighted by Crippen LogP contribution is -2.28. The normalized spacial score (nSPS) is 12.0. The van der Waals surface area contributed by atoms with E-state index in [1.165, 1.54) is 0 Å². The quantitative estimate of drug-likeness (QED) is 0.0565. The van der Waals surface area contributed by atoms with Crippen LogP contribution in [0.5, 0.6) is 5.75 Å². The van der Waals surface area contributed by atoms with E-state index < -0.39 is 6.23 Å². The molecule has 1 N–H and O–H groups in total. The molecule has 1 aromatic rings. The standard InChI is InChI=1S/C30H48N4O7/c1-24(2)8-6-13-32-29(36)22-39-18-19-40-30(33-34-31)23-41-28-11-5-10-26(21-28)20-27(35)12-15-38-17-16-37-14-7-9-25(3)4/h5-6,8,10-11,21,24-25,30H,7,9,12-20,22-23H2,1-4H3,(H,32,36)/b8-6+/t30-/m0/s1. The van der Waals surface area contributed by atoms with Crippen molar-refractivity contribution in [2.45, 2.75) is 59.6 Å². The molecule has 0 fully saturated rings. The Bertz CT molecular complexity index is 933. The number of benzene rings is 1. The van der Waals surface area contributed by atoms with E-state index in [4.69, 9.17) is 29.2 Å². The van der Waals surface area contributed by atoms with E-state index in [1.807, 2.05) is 18.2 Å². The minimum atomic E-state index is -0.875. The molecule has 0 aromatic heterocycles. The number of Topliss-reactive ketones (excluding diaryl/α,β-unsaturated/α-hetero) is 1. The number of carbonyl (C=O) groups is 2. The molecule has 0 bridgehead atoms. The van der Waals surface area contributed by atoms with Crippen molar-refractivity contribution in [1.82, 2.24) is 5.32 Å². The summed E-state index contributed by atoms with van der Waals surface area (Å²) in [6.07, 6.45) is 5.82. The molecule has 0 heterocycles. The molecular formula is C30H48N4O7. The van der Waals surface area contributed by atoms with E-state index in [2.05, 4.69) is 43.0 Å². The summed E-state index contributed by atoms with van der Waals surface area (Å²) < 4.78 is 27.6. The van der Waals surface area contributed by atoms with Gasteiger partial charge in [0.05, 0.1) is 33.0 Å².